The molecule has 6 rings (SSSR count). The van der Waals surface area contributed by atoms with Gasteiger partial charge in [-0.2, -0.15) is 0 Å². The number of aryl methyl sites for hydroxylation is 4. The van der Waals surface area contributed by atoms with Crippen molar-refractivity contribution in [3.05, 3.63) is 179 Å². The second-order valence-electron chi connectivity index (χ2n) is 16.7. The topological polar surface area (TPSA) is 257 Å². The summed E-state index contributed by atoms with van der Waals surface area (Å²) in [6.07, 6.45) is 3.38. The predicted octanol–water partition coefficient (Wildman–Crippen LogP) is 4.91. The number of nitrogens with zero attached hydrogens (tertiary/aromatic N) is 4. The Balaban J connectivity index is 0.000000353. The lowest BCUT2D eigenvalue weighted by atomic mass is 10.2. The van der Waals surface area contributed by atoms with Crippen molar-refractivity contribution in [3.63, 3.8) is 0 Å². The maximum absolute atomic E-state index is 12.6. The van der Waals surface area contributed by atoms with Gasteiger partial charge in [-0.15, -0.1) is 0 Å². The van der Waals surface area contributed by atoms with E-state index in [4.69, 9.17) is 10.2 Å². The van der Waals surface area contributed by atoms with Crippen LogP contribution in [0.1, 0.15) is 47.5 Å². The van der Waals surface area contributed by atoms with E-state index in [1.54, 1.807) is 123 Å². The molecule has 6 aromatic rings. The number of pyridine rings is 2. The van der Waals surface area contributed by atoms with E-state index in [1.165, 1.54) is 0 Å². The van der Waals surface area contributed by atoms with E-state index < -0.39 is 40.1 Å². The molecular formula is C52H72N8O10S4. The smallest absolute Gasteiger partial charge is 0.240 e. The van der Waals surface area contributed by atoms with Crippen molar-refractivity contribution < 1.29 is 43.9 Å². The number of hydrogen-bond donors (Lipinski definition) is 6. The molecule has 18 nitrogen and oxygen atoms in total. The Labute approximate surface area is 439 Å². The summed E-state index contributed by atoms with van der Waals surface area (Å²) in [5.41, 5.74) is 5.54. The SMILES string of the molecule is CCO.CCO.Cc1ccc(S(=O)(=O)NCCN(CCNS(=O)(=O)c2ccc(C)cc2)Cc2ccccn2)cc1.Cc1ccc(S(=O)(=O)NCCN(CCNS(=O)(=O)c2ccc(C)cc2)Cc2ccccn2)cc1. The van der Waals surface area contributed by atoms with Gasteiger partial charge in [0.2, 0.25) is 40.1 Å². The molecule has 0 saturated heterocycles. The zero-order chi connectivity index (χ0) is 54.6. The zero-order valence-electron chi connectivity index (χ0n) is 42.9. The van der Waals surface area contributed by atoms with E-state index >= 15 is 0 Å². The third kappa shape index (κ3) is 23.5. The lowest BCUT2D eigenvalue weighted by Crippen LogP contribution is -2.39. The van der Waals surface area contributed by atoms with Gasteiger partial charge in [-0.25, -0.2) is 52.6 Å². The summed E-state index contributed by atoms with van der Waals surface area (Å²) in [5.74, 6) is 0. The Morgan fingerprint density at radius 3 is 0.784 bits per heavy atom. The van der Waals surface area contributed by atoms with E-state index in [1.807, 2.05) is 73.9 Å². The van der Waals surface area contributed by atoms with Gasteiger partial charge in [0.15, 0.2) is 0 Å². The van der Waals surface area contributed by atoms with Crippen LogP contribution in [0.15, 0.2) is 165 Å². The van der Waals surface area contributed by atoms with E-state index in [0.717, 1.165) is 33.6 Å². The first-order valence-electron chi connectivity index (χ1n) is 23.9. The lowest BCUT2D eigenvalue weighted by molar-refractivity contribution is 0.271. The van der Waals surface area contributed by atoms with Crippen molar-refractivity contribution in [1.82, 2.24) is 38.7 Å². The second kappa shape index (κ2) is 32.2. The number of rotatable bonds is 24. The summed E-state index contributed by atoms with van der Waals surface area (Å²) in [7, 11) is -14.5. The Bertz CT molecular complexity index is 2610. The van der Waals surface area contributed by atoms with E-state index in [-0.39, 0.29) is 59.0 Å². The molecule has 0 bridgehead atoms. The fraction of sp³-hybridized carbons (Fsp3) is 0.346. The van der Waals surface area contributed by atoms with Gasteiger partial charge in [-0.1, -0.05) is 82.9 Å². The zero-order valence-corrected chi connectivity index (χ0v) is 46.2. The van der Waals surface area contributed by atoms with E-state index in [9.17, 15) is 33.7 Å². The Hall–Kier alpha value is -5.34. The maximum atomic E-state index is 12.6. The molecule has 0 spiro atoms. The number of aliphatic hydroxyl groups excluding tert-OH is 2. The largest absolute Gasteiger partial charge is 0.397 e. The van der Waals surface area contributed by atoms with Crippen molar-refractivity contribution in [2.45, 2.75) is 74.2 Å². The van der Waals surface area contributed by atoms with Crippen molar-refractivity contribution >= 4 is 40.1 Å². The molecule has 0 aliphatic carbocycles. The van der Waals surface area contributed by atoms with Gasteiger partial charge >= 0.3 is 0 Å². The summed E-state index contributed by atoms with van der Waals surface area (Å²) >= 11 is 0. The molecule has 404 valence electrons. The van der Waals surface area contributed by atoms with Crippen molar-refractivity contribution in [2.75, 3.05) is 65.6 Å². The highest BCUT2D eigenvalue weighted by Gasteiger charge is 2.19. The number of hydrogen-bond acceptors (Lipinski definition) is 14. The molecule has 0 amide bonds. The molecule has 0 atom stereocenters. The first-order chi connectivity index (χ1) is 35.1. The Kier molecular flexibility index (Phi) is 27.4. The second-order valence-corrected chi connectivity index (χ2v) is 23.7. The maximum Gasteiger partial charge on any atom is 0.240 e. The molecular weight excluding hydrogens is 1020 g/mol. The number of aromatic nitrogens is 2. The van der Waals surface area contributed by atoms with Gasteiger partial charge in [0.05, 0.1) is 31.0 Å². The average Bonchev–Trinajstić information content (AvgIpc) is 3.35. The highest BCUT2D eigenvalue weighted by molar-refractivity contribution is 7.90. The standard InChI is InChI=1S/2C24H30N4O4S2.2C2H6O/c2*1-20-6-10-23(11-7-20)33(29,30)26-15-17-28(19-22-5-3-4-14-25-22)18-16-27-34(31,32)24-12-8-21(2)9-13-24;2*1-2-3/h2*3-14,26-27H,15-19H2,1-2H3;2*3H,2H2,1H3. The van der Waals surface area contributed by atoms with Crippen LogP contribution < -0.4 is 18.9 Å². The molecule has 0 aliphatic heterocycles. The van der Waals surface area contributed by atoms with Crippen LogP contribution in [0.2, 0.25) is 0 Å². The number of sulfonamides is 4. The minimum atomic E-state index is -3.63. The molecule has 0 unspecified atom stereocenters. The summed E-state index contributed by atoms with van der Waals surface area (Å²) < 4.78 is 111. The molecule has 6 N–H and O–H groups in total. The van der Waals surface area contributed by atoms with Crippen LogP contribution in [0.5, 0.6) is 0 Å². The highest BCUT2D eigenvalue weighted by Crippen LogP contribution is 2.14. The van der Waals surface area contributed by atoms with Gasteiger partial charge in [0.25, 0.3) is 0 Å². The lowest BCUT2D eigenvalue weighted by Gasteiger charge is -2.22. The minimum absolute atomic E-state index is 0.174. The monoisotopic (exact) mass is 1100 g/mol. The predicted molar refractivity (Wildman–Crippen MR) is 290 cm³/mol. The quantitative estimate of drug-likeness (QED) is 0.0471. The first kappa shape index (κ1) is 63.0. The highest BCUT2D eigenvalue weighted by atomic mass is 32.2. The summed E-state index contributed by atoms with van der Waals surface area (Å²) in [6, 6.07) is 37.7. The van der Waals surface area contributed by atoms with E-state index in [0.29, 0.717) is 39.3 Å². The molecule has 0 radical (unpaired) electrons. The summed E-state index contributed by atoms with van der Waals surface area (Å²) in [4.78, 5) is 13.4. The van der Waals surface area contributed by atoms with Crippen LogP contribution in [0.25, 0.3) is 0 Å². The summed E-state index contributed by atoms with van der Waals surface area (Å²) in [6.45, 7) is 14.6. The molecule has 0 saturated carbocycles. The number of benzene rings is 4. The van der Waals surface area contributed by atoms with Crippen molar-refractivity contribution in [3.8, 4) is 0 Å². The Morgan fingerprint density at radius 1 is 0.378 bits per heavy atom. The molecule has 22 heteroatoms. The van der Waals surface area contributed by atoms with Gasteiger partial charge in [0.1, 0.15) is 0 Å². The van der Waals surface area contributed by atoms with Gasteiger partial charge < -0.3 is 10.2 Å². The number of aliphatic hydroxyl groups is 2. The molecule has 2 aromatic heterocycles. The molecule has 0 fully saturated rings. The van der Waals surface area contributed by atoms with Crippen LogP contribution in [0.3, 0.4) is 0 Å². The third-order valence-electron chi connectivity index (χ3n) is 10.4. The number of nitrogens with one attached hydrogen (secondary N) is 4. The van der Waals surface area contributed by atoms with Gasteiger partial charge in [-0.3, -0.25) is 19.8 Å². The van der Waals surface area contributed by atoms with Crippen molar-refractivity contribution in [2.24, 2.45) is 0 Å². The first-order valence-corrected chi connectivity index (χ1v) is 29.8. The van der Waals surface area contributed by atoms with E-state index in [2.05, 4.69) is 28.9 Å². The van der Waals surface area contributed by atoms with Crippen LogP contribution in [0, 0.1) is 27.7 Å². The summed E-state index contributed by atoms with van der Waals surface area (Å²) in [5, 5.41) is 15.1. The fourth-order valence-electron chi connectivity index (χ4n) is 6.54. The molecule has 4 aromatic carbocycles. The van der Waals surface area contributed by atoms with Gasteiger partial charge in [0, 0.05) is 91.1 Å². The molecule has 0 aliphatic rings. The fourth-order valence-corrected chi connectivity index (χ4v) is 10.6. The third-order valence-corrected chi connectivity index (χ3v) is 16.3. The Morgan fingerprint density at radius 2 is 0.595 bits per heavy atom. The van der Waals surface area contributed by atoms with Crippen LogP contribution >= 0.6 is 0 Å². The van der Waals surface area contributed by atoms with Gasteiger partial charge in [-0.05, 0) is 114 Å². The average molecular weight is 1100 g/mol. The normalized spacial score (nSPS) is 11.7. The van der Waals surface area contributed by atoms with Crippen LogP contribution in [0.4, 0.5) is 0 Å². The minimum Gasteiger partial charge on any atom is -0.397 e. The van der Waals surface area contributed by atoms with Crippen molar-refractivity contribution in [1.29, 1.82) is 0 Å². The molecule has 2 heterocycles. The molecule has 74 heavy (non-hydrogen) atoms. The van der Waals surface area contributed by atoms with Crippen LogP contribution in [-0.4, -0.2) is 129 Å². The van der Waals surface area contributed by atoms with Crippen LogP contribution in [-0.2, 0) is 53.2 Å².